The summed E-state index contributed by atoms with van der Waals surface area (Å²) in [7, 11) is 0. The van der Waals surface area contributed by atoms with Gasteiger partial charge in [0.2, 0.25) is 0 Å². The van der Waals surface area contributed by atoms with E-state index in [1.165, 1.54) is 86.9 Å². The summed E-state index contributed by atoms with van der Waals surface area (Å²) in [6.07, 6.45) is 2.00. The highest BCUT2D eigenvalue weighted by atomic mass is 32.1. The molecule has 0 atom stereocenters. The molecule has 210 valence electrons. The maximum atomic E-state index is 2.41. The van der Waals surface area contributed by atoms with E-state index in [0.29, 0.717) is 0 Å². The van der Waals surface area contributed by atoms with Crippen molar-refractivity contribution in [3.8, 4) is 43.1 Å². The number of fused-ring (bicyclic) bond motifs is 2. The van der Waals surface area contributed by atoms with Crippen LogP contribution in [0, 0.1) is 13.8 Å². The number of hydrogen-bond acceptors (Lipinski definition) is 1. The van der Waals surface area contributed by atoms with E-state index < -0.39 is 0 Å². The molecule has 0 aliphatic rings. The topological polar surface area (TPSA) is 0 Å². The van der Waals surface area contributed by atoms with E-state index in [1.54, 1.807) is 0 Å². The minimum Gasteiger partial charge on any atom is -0.135 e. The Bertz CT molecular complexity index is 1970. The maximum Gasteiger partial charge on any atom is 0.0349 e. The Labute approximate surface area is 259 Å². The van der Waals surface area contributed by atoms with Crippen molar-refractivity contribution < 1.29 is 0 Å². The lowest BCUT2D eigenvalue weighted by Crippen LogP contribution is -1.91. The zero-order chi connectivity index (χ0) is 29.5. The second-order valence-electron chi connectivity index (χ2n) is 11.6. The molecule has 0 radical (unpaired) electrons. The number of benzene rings is 6. The maximum absolute atomic E-state index is 2.41. The van der Waals surface area contributed by atoms with E-state index in [4.69, 9.17) is 0 Å². The molecule has 0 nitrogen and oxygen atoms in total. The van der Waals surface area contributed by atoms with E-state index in [-0.39, 0.29) is 0 Å². The Hall–Kier alpha value is -4.46. The van der Waals surface area contributed by atoms with Crippen molar-refractivity contribution >= 4 is 32.9 Å². The molecule has 0 aliphatic carbocycles. The molecule has 7 aromatic rings. The lowest BCUT2D eigenvalue weighted by molar-refractivity contribution is 1.14. The van der Waals surface area contributed by atoms with Gasteiger partial charge in [0, 0.05) is 9.75 Å². The Morgan fingerprint density at radius 2 is 0.814 bits per heavy atom. The molecule has 1 aromatic heterocycles. The van der Waals surface area contributed by atoms with Crippen molar-refractivity contribution in [2.24, 2.45) is 0 Å². The average Bonchev–Trinajstić information content (AvgIpc) is 3.56. The zero-order valence-corrected chi connectivity index (χ0v) is 26.2. The first-order chi connectivity index (χ1) is 21.1. The zero-order valence-electron chi connectivity index (χ0n) is 25.4. The molecule has 0 saturated heterocycles. The fourth-order valence-electron chi connectivity index (χ4n) is 6.62. The normalized spacial score (nSPS) is 11.4. The van der Waals surface area contributed by atoms with E-state index in [0.717, 1.165) is 12.8 Å². The summed E-state index contributed by atoms with van der Waals surface area (Å²) in [4.78, 5) is 2.63. The van der Waals surface area contributed by atoms with Crippen LogP contribution in [0.4, 0.5) is 0 Å². The Kier molecular flexibility index (Phi) is 7.21. The first-order valence-electron chi connectivity index (χ1n) is 15.4. The predicted molar refractivity (Wildman–Crippen MR) is 189 cm³/mol. The first-order valence-corrected chi connectivity index (χ1v) is 16.2. The molecule has 1 heteroatoms. The van der Waals surface area contributed by atoms with Crippen LogP contribution in [0.3, 0.4) is 0 Å². The van der Waals surface area contributed by atoms with Crippen LogP contribution in [-0.4, -0.2) is 0 Å². The molecule has 6 aromatic carbocycles. The quantitative estimate of drug-likeness (QED) is 0.186. The van der Waals surface area contributed by atoms with Crippen LogP contribution in [-0.2, 0) is 12.8 Å². The summed E-state index contributed by atoms with van der Waals surface area (Å²) in [6.45, 7) is 8.94. The van der Waals surface area contributed by atoms with E-state index in [1.807, 2.05) is 11.3 Å². The first kappa shape index (κ1) is 27.4. The van der Waals surface area contributed by atoms with Gasteiger partial charge in [-0.1, -0.05) is 111 Å². The van der Waals surface area contributed by atoms with Gasteiger partial charge in [0.15, 0.2) is 0 Å². The van der Waals surface area contributed by atoms with Gasteiger partial charge in [-0.3, -0.25) is 0 Å². The highest BCUT2D eigenvalue weighted by Gasteiger charge is 2.14. The van der Waals surface area contributed by atoms with E-state index >= 15 is 0 Å². The van der Waals surface area contributed by atoms with Crippen molar-refractivity contribution in [2.75, 3.05) is 0 Å². The largest absolute Gasteiger partial charge is 0.135 e. The average molecular weight is 573 g/mol. The highest BCUT2D eigenvalue weighted by molar-refractivity contribution is 7.18. The minimum atomic E-state index is 0.999. The molecule has 0 saturated carbocycles. The Balaban J connectivity index is 1.24. The van der Waals surface area contributed by atoms with Crippen molar-refractivity contribution in [3.05, 3.63) is 144 Å². The molecule has 0 fully saturated rings. The van der Waals surface area contributed by atoms with Crippen LogP contribution < -0.4 is 0 Å². The van der Waals surface area contributed by atoms with Gasteiger partial charge in [-0.25, -0.2) is 0 Å². The fourth-order valence-corrected chi connectivity index (χ4v) is 7.62. The van der Waals surface area contributed by atoms with Crippen LogP contribution in [0.15, 0.2) is 121 Å². The second-order valence-corrected chi connectivity index (χ2v) is 12.6. The fraction of sp³-hybridized carbons (Fsp3) is 0.143. The lowest BCUT2D eigenvalue weighted by atomic mass is 9.90. The highest BCUT2D eigenvalue weighted by Crippen LogP contribution is 2.40. The summed E-state index contributed by atoms with van der Waals surface area (Å²) >= 11 is 1.89. The number of thiophene rings is 1. The second kappa shape index (κ2) is 11.3. The summed E-state index contributed by atoms with van der Waals surface area (Å²) in [5, 5.41) is 5.33. The molecule has 0 aliphatic heterocycles. The molecule has 0 unspecified atom stereocenters. The standard InChI is InChI=1S/C42H36S/c1-5-29-25-31(17-21-35(29)39-19-15-27(3)33-11-7-9-13-37(33)39)41-23-24-42(43-41)32-18-22-36(30(6-2)26-32)40-20-16-28(4)34-12-8-10-14-38(34)40/h7-26H,5-6H2,1-4H3. The predicted octanol–water partition coefficient (Wildman–Crippen LogP) is 12.5. The third kappa shape index (κ3) is 4.88. The van der Waals surface area contributed by atoms with Gasteiger partial charge in [-0.05, 0) is 128 Å². The molecular formula is C42H36S. The summed E-state index contributed by atoms with van der Waals surface area (Å²) < 4.78 is 0. The molecule has 1 heterocycles. The third-order valence-electron chi connectivity index (χ3n) is 9.01. The Morgan fingerprint density at radius 1 is 0.419 bits per heavy atom. The summed E-state index contributed by atoms with van der Waals surface area (Å²) in [6, 6.07) is 45.4. The van der Waals surface area contributed by atoms with Crippen LogP contribution in [0.2, 0.25) is 0 Å². The molecule has 43 heavy (non-hydrogen) atoms. The van der Waals surface area contributed by atoms with Gasteiger partial charge < -0.3 is 0 Å². The van der Waals surface area contributed by atoms with Crippen molar-refractivity contribution in [1.29, 1.82) is 0 Å². The van der Waals surface area contributed by atoms with Gasteiger partial charge in [0.25, 0.3) is 0 Å². The van der Waals surface area contributed by atoms with Crippen LogP contribution >= 0.6 is 11.3 Å². The van der Waals surface area contributed by atoms with Crippen LogP contribution in [0.5, 0.6) is 0 Å². The summed E-state index contributed by atoms with van der Waals surface area (Å²) in [5.74, 6) is 0. The number of aryl methyl sites for hydroxylation is 4. The van der Waals surface area contributed by atoms with Gasteiger partial charge in [-0.2, -0.15) is 0 Å². The van der Waals surface area contributed by atoms with Crippen molar-refractivity contribution in [1.82, 2.24) is 0 Å². The molecule has 7 rings (SSSR count). The smallest absolute Gasteiger partial charge is 0.0349 e. The third-order valence-corrected chi connectivity index (χ3v) is 10.2. The monoisotopic (exact) mass is 572 g/mol. The van der Waals surface area contributed by atoms with Gasteiger partial charge in [0.05, 0.1) is 0 Å². The van der Waals surface area contributed by atoms with Gasteiger partial charge >= 0.3 is 0 Å². The van der Waals surface area contributed by atoms with E-state index in [9.17, 15) is 0 Å². The molecule has 0 N–H and O–H groups in total. The van der Waals surface area contributed by atoms with E-state index in [2.05, 4.69) is 149 Å². The van der Waals surface area contributed by atoms with Crippen molar-refractivity contribution in [2.45, 2.75) is 40.5 Å². The van der Waals surface area contributed by atoms with Gasteiger partial charge in [0.1, 0.15) is 0 Å². The molecule has 0 spiro atoms. The van der Waals surface area contributed by atoms with Crippen LogP contribution in [0.25, 0.3) is 64.7 Å². The Morgan fingerprint density at radius 3 is 1.23 bits per heavy atom. The molecule has 0 bridgehead atoms. The molecule has 0 amide bonds. The minimum absolute atomic E-state index is 0.999. The lowest BCUT2D eigenvalue weighted by Gasteiger charge is -2.14. The molecular weight excluding hydrogens is 537 g/mol. The SMILES string of the molecule is CCc1cc(-c2ccc(-c3ccc(-c4ccc(C)c5ccccc45)c(CC)c3)s2)ccc1-c1ccc(C)c2ccccc12. The summed E-state index contributed by atoms with van der Waals surface area (Å²) in [5.41, 5.74) is 13.4. The number of rotatable bonds is 6. The number of hydrogen-bond donors (Lipinski definition) is 0. The van der Waals surface area contributed by atoms with Gasteiger partial charge in [-0.15, -0.1) is 11.3 Å². The van der Waals surface area contributed by atoms with Crippen molar-refractivity contribution in [3.63, 3.8) is 0 Å². The van der Waals surface area contributed by atoms with Crippen LogP contribution in [0.1, 0.15) is 36.1 Å².